The molecule has 3 heterocycles. The van der Waals surface area contributed by atoms with Crippen LogP contribution in [0.2, 0.25) is 5.02 Å². The van der Waals surface area contributed by atoms with Crippen LogP contribution in [0.5, 0.6) is 5.75 Å². The van der Waals surface area contributed by atoms with Gasteiger partial charge in [0.05, 0.1) is 18.4 Å². The Morgan fingerprint density at radius 2 is 2.00 bits per heavy atom. The Bertz CT molecular complexity index is 1490. The molecule has 1 N–H and O–H groups in total. The van der Waals surface area contributed by atoms with Gasteiger partial charge in [-0.1, -0.05) is 18.2 Å². The molecule has 0 aliphatic heterocycles. The molecule has 0 bridgehead atoms. The van der Waals surface area contributed by atoms with Gasteiger partial charge in [-0.15, -0.1) is 0 Å². The summed E-state index contributed by atoms with van der Waals surface area (Å²) >= 11 is 6.27. The maximum absolute atomic E-state index is 14.7. The van der Waals surface area contributed by atoms with Crippen molar-refractivity contribution in [1.29, 1.82) is 0 Å². The summed E-state index contributed by atoms with van der Waals surface area (Å²) in [5.74, 6) is -2.36. The summed E-state index contributed by atoms with van der Waals surface area (Å²) in [4.78, 5) is 24.9. The molecule has 3 aromatic heterocycles. The number of aryl methyl sites for hydroxylation is 1. The van der Waals surface area contributed by atoms with Gasteiger partial charge in [0.1, 0.15) is 40.2 Å². The van der Waals surface area contributed by atoms with E-state index < -0.39 is 28.6 Å². The van der Waals surface area contributed by atoms with Gasteiger partial charge in [-0.3, -0.25) is 24.3 Å². The van der Waals surface area contributed by atoms with Gasteiger partial charge in [-0.25, -0.2) is 13.2 Å². The van der Waals surface area contributed by atoms with Crippen LogP contribution < -0.4 is 10.3 Å². The molecule has 7 nitrogen and oxygen atoms in total. The van der Waals surface area contributed by atoms with Gasteiger partial charge < -0.3 is 9.84 Å². The fraction of sp³-hybridized carbons (Fsp3) is 0.259. The minimum Gasteiger partial charge on any atom is -0.485 e. The Balaban J connectivity index is 1.88. The molecule has 0 amide bonds. The Labute approximate surface area is 222 Å². The number of allylic oxidation sites excluding steroid dienone is 3. The van der Waals surface area contributed by atoms with Gasteiger partial charge in [0.15, 0.2) is 11.6 Å². The second-order valence-corrected chi connectivity index (χ2v) is 9.29. The van der Waals surface area contributed by atoms with Crippen LogP contribution in [0, 0.1) is 24.4 Å². The zero-order valence-electron chi connectivity index (χ0n) is 21.2. The largest absolute Gasteiger partial charge is 0.485 e. The number of hydrogen-bond acceptors (Lipinski definition) is 6. The van der Waals surface area contributed by atoms with Crippen LogP contribution in [-0.2, 0) is 18.8 Å². The van der Waals surface area contributed by atoms with Crippen molar-refractivity contribution in [2.75, 3.05) is 0 Å². The third-order valence-corrected chi connectivity index (χ3v) is 5.83. The lowest BCUT2D eigenvalue weighted by Crippen LogP contribution is -2.23. The second kappa shape index (κ2) is 11.7. The quantitative estimate of drug-likeness (QED) is 0.282. The van der Waals surface area contributed by atoms with Crippen LogP contribution in [-0.4, -0.2) is 25.9 Å². The topological polar surface area (TPSA) is 89.6 Å². The molecule has 0 aliphatic rings. The minimum atomic E-state index is -1.45. The third-order valence-electron chi connectivity index (χ3n) is 5.48. The Hall–Kier alpha value is -3.76. The van der Waals surface area contributed by atoms with Crippen LogP contribution in [0.4, 0.5) is 13.2 Å². The van der Waals surface area contributed by atoms with Gasteiger partial charge in [0.2, 0.25) is 0 Å². The summed E-state index contributed by atoms with van der Waals surface area (Å²) in [5, 5.41) is 9.84. The summed E-state index contributed by atoms with van der Waals surface area (Å²) in [6.45, 7) is 9.58. The summed E-state index contributed by atoms with van der Waals surface area (Å²) in [7, 11) is 0. The molecular formula is C27H26ClF3N4O3. The van der Waals surface area contributed by atoms with E-state index in [2.05, 4.69) is 21.5 Å². The first-order valence-electron chi connectivity index (χ1n) is 11.4. The van der Waals surface area contributed by atoms with E-state index in [1.807, 2.05) is 0 Å². The molecule has 0 saturated heterocycles. The highest BCUT2D eigenvalue weighted by molar-refractivity contribution is 6.31. The molecule has 0 unspecified atom stereocenters. The molecule has 0 aliphatic carbocycles. The molecule has 0 spiro atoms. The van der Waals surface area contributed by atoms with Crippen LogP contribution in [0.1, 0.15) is 43.4 Å². The van der Waals surface area contributed by atoms with Crippen LogP contribution in [0.15, 0.2) is 58.6 Å². The number of rotatable bonds is 9. The number of halogens is 4. The summed E-state index contributed by atoms with van der Waals surface area (Å²) in [5.41, 5.74) is -0.719. The molecule has 200 valence electrons. The van der Waals surface area contributed by atoms with Crippen molar-refractivity contribution < 1.29 is 23.0 Å². The molecule has 0 atom stereocenters. The van der Waals surface area contributed by atoms with Crippen LogP contribution >= 0.6 is 11.6 Å². The minimum absolute atomic E-state index is 0.00134. The molecule has 3 aromatic rings. The highest BCUT2D eigenvalue weighted by atomic mass is 35.5. The fourth-order valence-corrected chi connectivity index (χ4v) is 3.78. The number of nitrogens with zero attached hydrogens (tertiary/aromatic N) is 4. The molecule has 38 heavy (non-hydrogen) atoms. The van der Waals surface area contributed by atoms with E-state index >= 15 is 0 Å². The highest BCUT2D eigenvalue weighted by Crippen LogP contribution is 2.26. The van der Waals surface area contributed by atoms with Crippen molar-refractivity contribution in [3.63, 3.8) is 0 Å². The van der Waals surface area contributed by atoms with Crippen molar-refractivity contribution in [2.24, 2.45) is 4.99 Å². The van der Waals surface area contributed by atoms with Crippen molar-refractivity contribution in [3.05, 3.63) is 104 Å². The van der Waals surface area contributed by atoms with E-state index in [1.165, 1.54) is 49.0 Å². The SMILES string of the molecule is C=C/C(=C(/C)C=NCc1ccnc(C(C)(C)O)c1F)n1c(C)cc(OCc2ncc(F)cc2F)c(Cl)c1=O. The van der Waals surface area contributed by atoms with Crippen molar-refractivity contribution in [1.82, 2.24) is 14.5 Å². The number of aliphatic hydroxyl groups is 1. The van der Waals surface area contributed by atoms with Gasteiger partial charge in [0, 0.05) is 35.8 Å². The number of aromatic nitrogens is 3. The van der Waals surface area contributed by atoms with E-state index in [0.29, 0.717) is 23.0 Å². The van der Waals surface area contributed by atoms with E-state index in [1.54, 1.807) is 13.8 Å². The predicted molar refractivity (Wildman–Crippen MR) is 140 cm³/mol. The molecule has 0 fully saturated rings. The average Bonchev–Trinajstić information content (AvgIpc) is 2.84. The number of pyridine rings is 3. The predicted octanol–water partition coefficient (Wildman–Crippen LogP) is 5.51. The van der Waals surface area contributed by atoms with E-state index in [4.69, 9.17) is 16.3 Å². The third kappa shape index (κ3) is 6.38. The van der Waals surface area contributed by atoms with Crippen LogP contribution in [0.25, 0.3) is 5.70 Å². The first kappa shape index (κ1) is 28.8. The monoisotopic (exact) mass is 546 g/mol. The molecular weight excluding hydrogens is 521 g/mol. The summed E-state index contributed by atoms with van der Waals surface area (Å²) in [6.07, 6.45) is 5.17. The van der Waals surface area contributed by atoms with Crippen molar-refractivity contribution >= 4 is 23.5 Å². The molecule has 0 saturated carbocycles. The first-order chi connectivity index (χ1) is 17.8. The fourth-order valence-electron chi connectivity index (χ4n) is 3.59. The Morgan fingerprint density at radius 1 is 1.29 bits per heavy atom. The van der Waals surface area contributed by atoms with E-state index in [-0.39, 0.29) is 40.9 Å². The molecule has 3 rings (SSSR count). The summed E-state index contributed by atoms with van der Waals surface area (Å²) < 4.78 is 48.5. The van der Waals surface area contributed by atoms with Gasteiger partial charge in [-0.2, -0.15) is 0 Å². The average molecular weight is 547 g/mol. The second-order valence-electron chi connectivity index (χ2n) is 8.91. The zero-order chi connectivity index (χ0) is 28.2. The lowest BCUT2D eigenvalue weighted by molar-refractivity contribution is 0.0692. The number of aliphatic imine (C=N–C) groups is 1. The molecule has 0 radical (unpaired) electrons. The smallest absolute Gasteiger partial charge is 0.277 e. The lowest BCUT2D eigenvalue weighted by Gasteiger charge is -2.18. The van der Waals surface area contributed by atoms with Crippen LogP contribution in [0.3, 0.4) is 0 Å². The number of ether oxygens (including phenoxy) is 1. The normalized spacial score (nSPS) is 12.6. The zero-order valence-corrected chi connectivity index (χ0v) is 22.0. The van der Waals surface area contributed by atoms with E-state index in [0.717, 1.165) is 6.20 Å². The lowest BCUT2D eigenvalue weighted by atomic mass is 10.0. The standard InChI is InChI=1S/C27H26ClF3N4O3/c1-6-21(15(2)11-32-12-17-7-8-33-25(24(17)31)27(4,5)37)35-16(3)9-22(23(28)26(35)36)38-14-20-19(30)10-18(29)13-34-20/h6-11,13,37H,1,12,14H2,2-5H3/b21-15+,32-11?. The number of hydrogen-bond donors (Lipinski definition) is 1. The van der Waals surface area contributed by atoms with Gasteiger partial charge >= 0.3 is 0 Å². The van der Waals surface area contributed by atoms with Gasteiger partial charge in [-0.05, 0) is 45.4 Å². The molecule has 0 aromatic carbocycles. The van der Waals surface area contributed by atoms with Crippen molar-refractivity contribution in [3.8, 4) is 5.75 Å². The van der Waals surface area contributed by atoms with E-state index in [9.17, 15) is 23.1 Å². The summed E-state index contributed by atoms with van der Waals surface area (Å²) in [6, 6.07) is 3.64. The van der Waals surface area contributed by atoms with Gasteiger partial charge in [0.25, 0.3) is 5.56 Å². The van der Waals surface area contributed by atoms with Crippen molar-refractivity contribution in [2.45, 2.75) is 46.4 Å². The maximum atomic E-state index is 14.7. The Morgan fingerprint density at radius 3 is 2.63 bits per heavy atom. The molecule has 11 heteroatoms. The highest BCUT2D eigenvalue weighted by Gasteiger charge is 2.24. The maximum Gasteiger partial charge on any atom is 0.277 e. The first-order valence-corrected chi connectivity index (χ1v) is 11.8. The Kier molecular flexibility index (Phi) is 8.90.